The molecule has 2 nitrogen and oxygen atoms in total. The van der Waals surface area contributed by atoms with Gasteiger partial charge in [-0.05, 0) is 22.3 Å². The molecule has 0 heterocycles. The molecule has 3 aliphatic rings. The average molecular weight is 262 g/mol. The highest BCUT2D eigenvalue weighted by Gasteiger charge is 2.82. The highest BCUT2D eigenvalue weighted by atomic mass is 16.5. The fourth-order valence-corrected chi connectivity index (χ4v) is 4.98. The van der Waals surface area contributed by atoms with Crippen LogP contribution in [0.4, 0.5) is 0 Å². The van der Waals surface area contributed by atoms with Gasteiger partial charge in [0, 0.05) is 17.8 Å². The summed E-state index contributed by atoms with van der Waals surface area (Å²) in [6.45, 7) is 0. The quantitative estimate of drug-likeness (QED) is 0.738. The molecule has 3 aliphatic carbocycles. The van der Waals surface area contributed by atoms with Crippen LogP contribution < -0.4 is 0 Å². The Morgan fingerprint density at radius 3 is 1.80 bits per heavy atom. The Morgan fingerprint density at radius 2 is 1.35 bits per heavy atom. The van der Waals surface area contributed by atoms with Crippen LogP contribution in [-0.2, 0) is 9.53 Å². The first-order valence-corrected chi connectivity index (χ1v) is 7.08. The van der Waals surface area contributed by atoms with Crippen LogP contribution in [0.15, 0.2) is 48.5 Å². The van der Waals surface area contributed by atoms with Crippen molar-refractivity contribution in [3.63, 3.8) is 0 Å². The number of carbonyl (C=O) groups excluding carboxylic acids is 1. The van der Waals surface area contributed by atoms with Crippen molar-refractivity contribution in [1.82, 2.24) is 0 Å². The van der Waals surface area contributed by atoms with Crippen LogP contribution in [0.25, 0.3) is 0 Å². The van der Waals surface area contributed by atoms with Crippen LogP contribution >= 0.6 is 0 Å². The Morgan fingerprint density at radius 1 is 0.900 bits per heavy atom. The number of esters is 1. The number of rotatable bonds is 1. The van der Waals surface area contributed by atoms with Crippen molar-refractivity contribution in [3.05, 3.63) is 70.8 Å². The van der Waals surface area contributed by atoms with E-state index in [9.17, 15) is 4.79 Å². The Hall–Kier alpha value is -2.09. The van der Waals surface area contributed by atoms with Gasteiger partial charge in [-0.2, -0.15) is 0 Å². The predicted molar refractivity (Wildman–Crippen MR) is 74.7 cm³/mol. The molecule has 1 fully saturated rings. The van der Waals surface area contributed by atoms with Crippen LogP contribution in [-0.4, -0.2) is 13.1 Å². The van der Waals surface area contributed by atoms with Gasteiger partial charge in [0.2, 0.25) is 0 Å². The van der Waals surface area contributed by atoms with E-state index in [1.807, 2.05) is 0 Å². The maximum absolute atomic E-state index is 12.6. The maximum atomic E-state index is 12.6. The van der Waals surface area contributed by atoms with Crippen molar-refractivity contribution in [2.75, 3.05) is 7.11 Å². The molecule has 20 heavy (non-hydrogen) atoms. The molecule has 0 radical (unpaired) electrons. The fourth-order valence-electron chi connectivity index (χ4n) is 4.98. The van der Waals surface area contributed by atoms with Gasteiger partial charge in [0.05, 0.1) is 12.5 Å². The second kappa shape index (κ2) is 3.14. The number of methoxy groups -OCH3 is 1. The zero-order chi connectivity index (χ0) is 13.5. The molecule has 0 spiro atoms. The zero-order valence-corrected chi connectivity index (χ0v) is 11.2. The fraction of sp³-hybridized carbons (Fsp3) is 0.278. The van der Waals surface area contributed by atoms with Crippen LogP contribution in [0.1, 0.15) is 40.0 Å². The largest absolute Gasteiger partial charge is 0.469 e. The van der Waals surface area contributed by atoms with Crippen molar-refractivity contribution in [2.24, 2.45) is 5.41 Å². The first-order chi connectivity index (χ1) is 9.81. The molecule has 0 bridgehead atoms. The number of benzene rings is 2. The summed E-state index contributed by atoms with van der Waals surface area (Å²) in [5.74, 6) is 0.805. The summed E-state index contributed by atoms with van der Waals surface area (Å²) < 4.78 is 5.18. The lowest BCUT2D eigenvalue weighted by Crippen LogP contribution is -2.23. The van der Waals surface area contributed by atoms with Gasteiger partial charge in [0.25, 0.3) is 0 Å². The number of hydrogen-bond donors (Lipinski definition) is 0. The Balaban J connectivity index is 1.84. The lowest BCUT2D eigenvalue weighted by atomic mass is 9.85. The van der Waals surface area contributed by atoms with Gasteiger partial charge in [0.15, 0.2) is 0 Å². The molecule has 0 aliphatic heterocycles. The van der Waals surface area contributed by atoms with Gasteiger partial charge in [-0.1, -0.05) is 48.5 Å². The molecule has 2 atom stereocenters. The number of ether oxygens (including phenoxy) is 1. The van der Waals surface area contributed by atoms with E-state index in [0.717, 1.165) is 0 Å². The molecule has 2 aromatic carbocycles. The van der Waals surface area contributed by atoms with E-state index in [0.29, 0.717) is 11.8 Å². The van der Waals surface area contributed by atoms with Crippen LogP contribution in [0.3, 0.4) is 0 Å². The van der Waals surface area contributed by atoms with Crippen molar-refractivity contribution in [3.8, 4) is 0 Å². The van der Waals surface area contributed by atoms with E-state index in [1.54, 1.807) is 0 Å². The molecule has 0 N–H and O–H groups in total. The average Bonchev–Trinajstić information content (AvgIpc) is 3.01. The molecule has 2 heteroatoms. The van der Waals surface area contributed by atoms with Crippen molar-refractivity contribution in [1.29, 1.82) is 0 Å². The summed E-state index contributed by atoms with van der Waals surface area (Å²) in [4.78, 5) is 12.6. The van der Waals surface area contributed by atoms with Gasteiger partial charge >= 0.3 is 5.97 Å². The summed E-state index contributed by atoms with van der Waals surface area (Å²) in [7, 11) is 1.51. The molecule has 2 unspecified atom stereocenters. The number of fused-ring (bicyclic) bond motifs is 7. The second-order valence-electron chi connectivity index (χ2n) is 6.07. The molecule has 0 amide bonds. The van der Waals surface area contributed by atoms with E-state index in [4.69, 9.17) is 4.74 Å². The summed E-state index contributed by atoms with van der Waals surface area (Å²) in [5, 5.41) is 0. The van der Waals surface area contributed by atoms with Gasteiger partial charge in [-0.15, -0.1) is 0 Å². The van der Waals surface area contributed by atoms with E-state index >= 15 is 0 Å². The lowest BCUT2D eigenvalue weighted by Gasteiger charge is -2.19. The molecular formula is C18H14O2. The molecule has 1 saturated carbocycles. The third-order valence-corrected chi connectivity index (χ3v) is 5.55. The standard InChI is InChI=1S/C18H14O2/c1-20-17(19)18-14-10-6-2-4-8-12(10)15(18)16(18)13-9-5-3-7-11(13)14/h2-9,14-16H,1H3. The van der Waals surface area contributed by atoms with Gasteiger partial charge in [-0.3, -0.25) is 4.79 Å². The lowest BCUT2D eigenvalue weighted by molar-refractivity contribution is -0.147. The van der Waals surface area contributed by atoms with E-state index in [-0.39, 0.29) is 17.3 Å². The van der Waals surface area contributed by atoms with Crippen LogP contribution in [0.2, 0.25) is 0 Å². The van der Waals surface area contributed by atoms with Crippen molar-refractivity contribution in [2.45, 2.75) is 17.8 Å². The Bertz CT molecular complexity index is 708. The van der Waals surface area contributed by atoms with Crippen molar-refractivity contribution < 1.29 is 9.53 Å². The number of hydrogen-bond acceptors (Lipinski definition) is 2. The first-order valence-electron chi connectivity index (χ1n) is 7.08. The van der Waals surface area contributed by atoms with Crippen LogP contribution in [0.5, 0.6) is 0 Å². The molecule has 98 valence electrons. The second-order valence-corrected chi connectivity index (χ2v) is 6.07. The van der Waals surface area contributed by atoms with Crippen LogP contribution in [0, 0.1) is 5.41 Å². The highest BCUT2D eigenvalue weighted by Crippen LogP contribution is 2.86. The summed E-state index contributed by atoms with van der Waals surface area (Å²) in [6, 6.07) is 17.0. The minimum atomic E-state index is -0.345. The molecular weight excluding hydrogens is 248 g/mol. The minimum absolute atomic E-state index is 0.0371. The van der Waals surface area contributed by atoms with Gasteiger partial charge in [0.1, 0.15) is 0 Å². The predicted octanol–water partition coefficient (Wildman–Crippen LogP) is 3.19. The van der Waals surface area contributed by atoms with E-state index in [1.165, 1.54) is 29.4 Å². The normalized spacial score (nSPS) is 34.1. The Kier molecular flexibility index (Phi) is 1.68. The third kappa shape index (κ3) is 0.866. The molecule has 5 rings (SSSR count). The summed E-state index contributed by atoms with van der Waals surface area (Å²) >= 11 is 0. The smallest absolute Gasteiger partial charge is 0.314 e. The van der Waals surface area contributed by atoms with E-state index < -0.39 is 0 Å². The molecule has 2 aromatic rings. The first kappa shape index (κ1) is 10.7. The van der Waals surface area contributed by atoms with Crippen molar-refractivity contribution >= 4 is 5.97 Å². The maximum Gasteiger partial charge on any atom is 0.314 e. The number of carbonyl (C=O) groups is 1. The monoisotopic (exact) mass is 262 g/mol. The SMILES string of the molecule is COC(=O)C12C3c4ccccc4C1C2c1ccccc13. The van der Waals surface area contributed by atoms with Gasteiger partial charge in [-0.25, -0.2) is 0 Å². The molecule has 0 aromatic heterocycles. The summed E-state index contributed by atoms with van der Waals surface area (Å²) in [5.41, 5.74) is 5.00. The summed E-state index contributed by atoms with van der Waals surface area (Å²) in [6.07, 6.45) is 0. The minimum Gasteiger partial charge on any atom is -0.469 e. The zero-order valence-electron chi connectivity index (χ0n) is 11.2. The third-order valence-electron chi connectivity index (χ3n) is 5.55. The van der Waals surface area contributed by atoms with E-state index in [2.05, 4.69) is 48.5 Å². The highest BCUT2D eigenvalue weighted by molar-refractivity contribution is 5.93. The Labute approximate surface area is 117 Å². The molecule has 0 saturated heterocycles. The topological polar surface area (TPSA) is 26.3 Å². The van der Waals surface area contributed by atoms with Gasteiger partial charge < -0.3 is 4.74 Å².